The third kappa shape index (κ3) is 7.72. The average Bonchev–Trinajstić information content (AvgIpc) is 2.00. The summed E-state index contributed by atoms with van der Waals surface area (Å²) < 4.78 is 15.6. The molecule has 0 aliphatic carbocycles. The van der Waals surface area contributed by atoms with Crippen LogP contribution in [0.3, 0.4) is 0 Å². The molecule has 0 spiro atoms. The predicted molar refractivity (Wildman–Crippen MR) is 62.3 cm³/mol. The first kappa shape index (κ1) is 16.9. The summed E-state index contributed by atoms with van der Waals surface area (Å²) >= 11 is 31.9. The van der Waals surface area contributed by atoms with E-state index in [1.165, 1.54) is 0 Å². The lowest BCUT2D eigenvalue weighted by atomic mass is 10.8. The minimum atomic E-state index is -4.67. The fourth-order valence-corrected chi connectivity index (χ4v) is 2.55. The first-order valence-electron chi connectivity index (χ1n) is 3.15. The fourth-order valence-electron chi connectivity index (χ4n) is 0.405. The van der Waals surface area contributed by atoms with Gasteiger partial charge in [0.2, 0.25) is 9.04 Å². The van der Waals surface area contributed by atoms with Crippen molar-refractivity contribution in [2.24, 2.45) is 0 Å². The molecule has 11 heteroatoms. The summed E-state index contributed by atoms with van der Waals surface area (Å²) in [7, 11) is -4.67. The van der Waals surface area contributed by atoms with E-state index in [1.807, 2.05) is 0 Å². The molecule has 0 aliphatic rings. The molecule has 0 rings (SSSR count). The Morgan fingerprint density at radius 1 is 1.00 bits per heavy atom. The minimum absolute atomic E-state index is 0.470. The lowest BCUT2D eigenvalue weighted by Gasteiger charge is -2.24. The van der Waals surface area contributed by atoms with E-state index in [2.05, 4.69) is 9.05 Å². The molecule has 0 unspecified atom stereocenters. The Balaban J connectivity index is 4.51. The van der Waals surface area contributed by atoms with E-state index < -0.39 is 28.6 Å². The van der Waals surface area contributed by atoms with Gasteiger partial charge in [0.25, 0.3) is 0 Å². The first-order valence-corrected chi connectivity index (χ1v) is 7.23. The number of phosphoric ester groups is 1. The number of halogens is 6. The maximum absolute atomic E-state index is 11.2. The van der Waals surface area contributed by atoms with Crippen LogP contribution in [-0.2, 0) is 13.6 Å². The van der Waals surface area contributed by atoms with Crippen molar-refractivity contribution in [1.29, 1.82) is 0 Å². The molecule has 0 saturated carbocycles. The van der Waals surface area contributed by atoms with Crippen molar-refractivity contribution in [1.82, 2.24) is 0 Å². The van der Waals surface area contributed by atoms with Gasteiger partial charge in [0.15, 0.2) is 0 Å². The highest BCUT2D eigenvalue weighted by molar-refractivity contribution is 7.47. The summed E-state index contributed by atoms with van der Waals surface area (Å²) in [5.41, 5.74) is 0. The van der Waals surface area contributed by atoms with Gasteiger partial charge in [-0.1, -0.05) is 46.4 Å². The van der Waals surface area contributed by atoms with Crippen molar-refractivity contribution in [3.05, 3.63) is 0 Å². The lowest BCUT2D eigenvalue weighted by Crippen LogP contribution is -2.24. The Bertz CT molecular complexity index is 236. The van der Waals surface area contributed by atoms with Gasteiger partial charge in [-0.15, -0.1) is 23.2 Å². The quantitative estimate of drug-likeness (QED) is 0.577. The van der Waals surface area contributed by atoms with Crippen LogP contribution in [0, 0.1) is 0 Å². The molecule has 15 heavy (non-hydrogen) atoms. The zero-order valence-corrected chi connectivity index (χ0v) is 12.2. The van der Waals surface area contributed by atoms with E-state index in [1.54, 1.807) is 0 Å². The average molecular weight is 361 g/mol. The molecule has 0 aromatic carbocycles. The van der Waals surface area contributed by atoms with Crippen LogP contribution in [0.2, 0.25) is 0 Å². The predicted octanol–water partition coefficient (Wildman–Crippen LogP) is 3.86. The molecule has 0 saturated heterocycles. The van der Waals surface area contributed by atoms with Gasteiger partial charge in [-0.25, -0.2) is 13.6 Å². The van der Waals surface area contributed by atoms with Gasteiger partial charge in [-0.3, -0.25) is 0 Å². The zero-order chi connectivity index (χ0) is 12.3. The van der Waals surface area contributed by atoms with Crippen LogP contribution >= 0.6 is 77.4 Å². The number of phosphoric acid groups is 1. The summed E-state index contributed by atoms with van der Waals surface area (Å²) in [6.07, 6.45) is 0. The van der Waals surface area contributed by atoms with Crippen LogP contribution in [0.5, 0.6) is 0 Å². The van der Waals surface area contributed by atoms with Crippen molar-refractivity contribution in [3.63, 3.8) is 0 Å². The lowest BCUT2D eigenvalue weighted by molar-refractivity contribution is 0.112. The Morgan fingerprint density at radius 2 is 1.27 bits per heavy atom. The molecule has 4 nitrogen and oxygen atoms in total. The molecular weight excluding hydrogens is 356 g/mol. The largest absolute Gasteiger partial charge is 0.477 e. The smallest absolute Gasteiger partial charge is 0.302 e. The third-order valence-corrected chi connectivity index (χ3v) is 4.47. The summed E-state index contributed by atoms with van der Waals surface area (Å²) in [4.78, 5) is 9.10. The number of hydrogen-bond donors (Lipinski definition) is 1. The molecule has 0 fully saturated rings. The summed E-state index contributed by atoms with van der Waals surface area (Å²) in [5, 5.41) is 0. The molecule has 0 radical (unpaired) electrons. The Hall–Kier alpha value is 1.85. The van der Waals surface area contributed by atoms with Gasteiger partial charge < -0.3 is 4.89 Å². The van der Waals surface area contributed by atoms with Gasteiger partial charge in [0.05, 0.1) is 11.8 Å². The molecule has 0 amide bonds. The summed E-state index contributed by atoms with van der Waals surface area (Å²) in [6.45, 7) is 0. The molecule has 0 aromatic heterocycles. The Kier molecular flexibility index (Phi) is 6.90. The number of alkyl halides is 6. The van der Waals surface area contributed by atoms with Crippen molar-refractivity contribution in [2.75, 3.05) is 11.8 Å². The van der Waals surface area contributed by atoms with Crippen LogP contribution in [0.4, 0.5) is 0 Å². The normalized spacial score (nSPS) is 14.3. The summed E-state index contributed by atoms with van der Waals surface area (Å²) in [5.74, 6) is -0.940. The molecule has 92 valence electrons. The van der Waals surface area contributed by atoms with E-state index in [0.29, 0.717) is 0 Å². The molecular formula is C4H5Cl6O4P. The highest BCUT2D eigenvalue weighted by atomic mass is 35.5. The molecule has 0 aromatic rings. The van der Waals surface area contributed by atoms with Gasteiger partial charge in [-0.2, -0.15) is 0 Å². The second kappa shape index (κ2) is 6.14. The van der Waals surface area contributed by atoms with E-state index in [9.17, 15) is 4.57 Å². The third-order valence-electron chi connectivity index (χ3n) is 0.809. The van der Waals surface area contributed by atoms with Crippen molar-refractivity contribution < 1.29 is 18.5 Å². The van der Waals surface area contributed by atoms with Crippen LogP contribution in [0.25, 0.3) is 0 Å². The van der Waals surface area contributed by atoms with E-state index in [0.717, 1.165) is 0 Å². The fraction of sp³-hybridized carbons (Fsp3) is 1.00. The monoisotopic (exact) mass is 358 g/mol. The second-order valence-electron chi connectivity index (χ2n) is 2.19. The zero-order valence-electron chi connectivity index (χ0n) is 6.80. The van der Waals surface area contributed by atoms with Gasteiger partial charge in [0.1, 0.15) is 0 Å². The maximum atomic E-state index is 11.2. The molecule has 0 heterocycles. The standard InChI is InChI=1S/C4H5Cl6O4P/c5-1-3(7,8)13-15(11,12)14-4(9,10)2-6/h1-2H2,(H,11,12). The highest BCUT2D eigenvalue weighted by Gasteiger charge is 2.41. The van der Waals surface area contributed by atoms with Crippen molar-refractivity contribution in [2.45, 2.75) is 9.04 Å². The van der Waals surface area contributed by atoms with Crippen LogP contribution in [0.15, 0.2) is 0 Å². The summed E-state index contributed by atoms with van der Waals surface area (Å²) in [6, 6.07) is 0. The van der Waals surface area contributed by atoms with Gasteiger partial charge in [0, 0.05) is 0 Å². The highest BCUT2D eigenvalue weighted by Crippen LogP contribution is 2.54. The molecule has 0 atom stereocenters. The van der Waals surface area contributed by atoms with Crippen LogP contribution < -0.4 is 0 Å². The van der Waals surface area contributed by atoms with E-state index in [4.69, 9.17) is 74.5 Å². The van der Waals surface area contributed by atoms with Crippen molar-refractivity contribution >= 4 is 77.4 Å². The van der Waals surface area contributed by atoms with Gasteiger partial charge in [-0.05, 0) is 0 Å². The maximum Gasteiger partial charge on any atom is 0.477 e. The SMILES string of the molecule is O=P(O)(OC(Cl)(Cl)CCl)OC(Cl)(Cl)CCl. The topological polar surface area (TPSA) is 55.8 Å². The van der Waals surface area contributed by atoms with Crippen LogP contribution in [-0.4, -0.2) is 25.7 Å². The van der Waals surface area contributed by atoms with Crippen LogP contribution in [0.1, 0.15) is 0 Å². The molecule has 1 N–H and O–H groups in total. The van der Waals surface area contributed by atoms with Crippen molar-refractivity contribution in [3.8, 4) is 0 Å². The van der Waals surface area contributed by atoms with E-state index >= 15 is 0 Å². The van der Waals surface area contributed by atoms with E-state index in [-0.39, 0.29) is 0 Å². The molecule has 0 aliphatic heterocycles. The number of hydrogen-bond acceptors (Lipinski definition) is 3. The van der Waals surface area contributed by atoms with Gasteiger partial charge >= 0.3 is 7.82 Å². The second-order valence-corrected chi connectivity index (χ2v) is 6.86. The number of rotatable bonds is 6. The minimum Gasteiger partial charge on any atom is -0.302 e. The Morgan fingerprint density at radius 3 is 1.47 bits per heavy atom. The first-order chi connectivity index (χ1) is 6.54. The Labute approximate surface area is 116 Å². The molecule has 0 bridgehead atoms.